The molecule has 3 aliphatic rings. The van der Waals surface area contributed by atoms with Crippen LogP contribution in [-0.4, -0.2) is 39.3 Å². The average molecular weight is 368 g/mol. The molecular weight excluding hydrogens is 344 g/mol. The Labute approximate surface area is 158 Å². The number of hydrogen-bond donors (Lipinski definition) is 2. The summed E-state index contributed by atoms with van der Waals surface area (Å²) in [6, 6.07) is 12.2. The molecule has 1 amide bonds. The molecule has 0 spiro atoms. The van der Waals surface area contributed by atoms with Gasteiger partial charge in [0, 0.05) is 13.1 Å². The highest BCUT2D eigenvalue weighted by molar-refractivity contribution is 5.77. The molecule has 6 nitrogen and oxygen atoms in total. The quantitative estimate of drug-likeness (QED) is 0.808. The Hall–Kier alpha value is -2.73. The summed E-state index contributed by atoms with van der Waals surface area (Å²) in [5.74, 6) is 1.93. The smallest absolute Gasteiger partial charge is 0.257 e. The second-order valence-electron chi connectivity index (χ2n) is 6.75. The monoisotopic (exact) mass is 368 g/mol. The third kappa shape index (κ3) is 3.85. The number of amides is 1. The van der Waals surface area contributed by atoms with Gasteiger partial charge in [0.05, 0.1) is 19.8 Å². The molecule has 0 aliphatic carbocycles. The van der Waals surface area contributed by atoms with Crippen molar-refractivity contribution in [1.29, 1.82) is 0 Å². The molecule has 3 heterocycles. The van der Waals surface area contributed by atoms with Gasteiger partial charge < -0.3 is 24.8 Å². The Morgan fingerprint density at radius 1 is 1.15 bits per heavy atom. The summed E-state index contributed by atoms with van der Waals surface area (Å²) in [6.07, 6.45) is 1.63. The van der Waals surface area contributed by atoms with E-state index >= 15 is 0 Å². The molecule has 2 aromatic rings. The second kappa shape index (κ2) is 7.88. The predicted octanol–water partition coefficient (Wildman–Crippen LogP) is 2.21. The van der Waals surface area contributed by atoms with Crippen molar-refractivity contribution in [2.75, 3.05) is 33.4 Å². The molecule has 2 N–H and O–H groups in total. The number of methoxy groups -OCH3 is 1. The van der Waals surface area contributed by atoms with Crippen molar-refractivity contribution in [2.45, 2.75) is 18.9 Å². The number of hydrogen-bond acceptors (Lipinski definition) is 5. The van der Waals surface area contributed by atoms with E-state index in [0.29, 0.717) is 24.7 Å². The van der Waals surface area contributed by atoms with E-state index in [2.05, 4.69) is 22.8 Å². The van der Waals surface area contributed by atoms with Gasteiger partial charge in [-0.25, -0.2) is 0 Å². The van der Waals surface area contributed by atoms with E-state index in [-0.39, 0.29) is 18.6 Å². The van der Waals surface area contributed by atoms with Crippen LogP contribution in [0.3, 0.4) is 0 Å². The molecule has 1 unspecified atom stereocenters. The number of ether oxygens (including phenoxy) is 3. The van der Waals surface area contributed by atoms with Crippen molar-refractivity contribution in [3.8, 4) is 17.2 Å². The number of nitrogens with one attached hydrogen (secondary N) is 2. The normalized spacial score (nSPS) is 19.6. The van der Waals surface area contributed by atoms with Crippen LogP contribution in [0, 0.1) is 0 Å². The minimum Gasteiger partial charge on any atom is -0.494 e. The van der Waals surface area contributed by atoms with E-state index < -0.39 is 0 Å². The Morgan fingerprint density at radius 2 is 2.07 bits per heavy atom. The molecule has 3 aliphatic heterocycles. The summed E-state index contributed by atoms with van der Waals surface area (Å²) >= 11 is 0. The van der Waals surface area contributed by atoms with Crippen LogP contribution in [0.2, 0.25) is 0 Å². The summed E-state index contributed by atoms with van der Waals surface area (Å²) in [7, 11) is 1.62. The molecule has 0 fully saturated rings. The van der Waals surface area contributed by atoms with Crippen molar-refractivity contribution in [3.05, 3.63) is 53.1 Å². The van der Waals surface area contributed by atoms with E-state index in [1.54, 1.807) is 7.11 Å². The first-order chi connectivity index (χ1) is 13.2. The summed E-state index contributed by atoms with van der Waals surface area (Å²) in [5, 5.41) is 6.44. The summed E-state index contributed by atoms with van der Waals surface area (Å²) in [4.78, 5) is 12.0. The van der Waals surface area contributed by atoms with E-state index in [1.807, 2.05) is 24.3 Å². The minimum atomic E-state index is -0.150. The standard InChI is InChI=1S/C21H24N2O4/c1-25-18-12-17-14-6-8-23-21(17)15-4-2-5-16(10-15)26-9-3-7-22-20(24)13-27-19(18)11-14/h2,4-5,10-12,21,23H,3,6-9,13H2,1H3,(H,22,24). The van der Waals surface area contributed by atoms with Crippen molar-refractivity contribution < 1.29 is 19.0 Å². The van der Waals surface area contributed by atoms with E-state index in [1.165, 1.54) is 11.1 Å². The van der Waals surface area contributed by atoms with Crippen LogP contribution in [0.25, 0.3) is 0 Å². The number of benzene rings is 2. The van der Waals surface area contributed by atoms with E-state index in [4.69, 9.17) is 14.2 Å². The minimum absolute atomic E-state index is 0.0310. The number of carbonyl (C=O) groups excluding carboxylic acids is 1. The van der Waals surface area contributed by atoms with Gasteiger partial charge >= 0.3 is 0 Å². The Bertz CT molecular complexity index is 837. The average Bonchev–Trinajstić information content (AvgIpc) is 2.70. The highest BCUT2D eigenvalue weighted by Crippen LogP contribution is 2.38. The highest BCUT2D eigenvalue weighted by atomic mass is 16.5. The lowest BCUT2D eigenvalue weighted by Gasteiger charge is -2.29. The first kappa shape index (κ1) is 17.7. The topological polar surface area (TPSA) is 68.8 Å². The van der Waals surface area contributed by atoms with Gasteiger partial charge in [0.15, 0.2) is 18.1 Å². The SMILES string of the molecule is COc1cc2c3cc1OCC(=O)NCCCOc1cccc(c1)C2NCC3. The van der Waals surface area contributed by atoms with Crippen LogP contribution in [0.15, 0.2) is 36.4 Å². The number of fused-ring (bicyclic) bond motifs is 8. The molecule has 2 aromatic carbocycles. The molecule has 27 heavy (non-hydrogen) atoms. The van der Waals surface area contributed by atoms with Crippen LogP contribution < -0.4 is 24.8 Å². The van der Waals surface area contributed by atoms with Gasteiger partial charge in [-0.2, -0.15) is 0 Å². The van der Waals surface area contributed by atoms with Gasteiger partial charge in [-0.1, -0.05) is 12.1 Å². The fraction of sp³-hybridized carbons (Fsp3) is 0.381. The maximum atomic E-state index is 12.0. The van der Waals surface area contributed by atoms with Gasteiger partial charge in [0.1, 0.15) is 5.75 Å². The van der Waals surface area contributed by atoms with E-state index in [0.717, 1.165) is 30.7 Å². The Kier molecular flexibility index (Phi) is 5.16. The summed E-state index contributed by atoms with van der Waals surface area (Å²) in [6.45, 7) is 1.94. The molecule has 0 saturated heterocycles. The molecular formula is C21H24N2O4. The number of carbonyl (C=O) groups is 1. The van der Waals surface area contributed by atoms with Crippen LogP contribution in [0.5, 0.6) is 17.2 Å². The van der Waals surface area contributed by atoms with Gasteiger partial charge in [-0.3, -0.25) is 4.79 Å². The van der Waals surface area contributed by atoms with Gasteiger partial charge in [0.25, 0.3) is 5.91 Å². The Balaban J connectivity index is 1.76. The van der Waals surface area contributed by atoms with Crippen LogP contribution in [-0.2, 0) is 11.2 Å². The van der Waals surface area contributed by atoms with Gasteiger partial charge in [-0.05, 0) is 53.8 Å². The molecule has 1 atom stereocenters. The maximum absolute atomic E-state index is 12.0. The van der Waals surface area contributed by atoms with Crippen molar-refractivity contribution in [1.82, 2.24) is 10.6 Å². The molecule has 0 radical (unpaired) electrons. The lowest BCUT2D eigenvalue weighted by Crippen LogP contribution is -2.32. The fourth-order valence-corrected chi connectivity index (χ4v) is 3.60. The first-order valence-corrected chi connectivity index (χ1v) is 9.31. The van der Waals surface area contributed by atoms with Crippen LogP contribution >= 0.6 is 0 Å². The summed E-state index contributed by atoms with van der Waals surface area (Å²) < 4.78 is 17.1. The van der Waals surface area contributed by atoms with Crippen molar-refractivity contribution in [2.24, 2.45) is 0 Å². The zero-order chi connectivity index (χ0) is 18.6. The fourth-order valence-electron chi connectivity index (χ4n) is 3.60. The number of rotatable bonds is 1. The lowest BCUT2D eigenvalue weighted by molar-refractivity contribution is -0.123. The van der Waals surface area contributed by atoms with Crippen molar-refractivity contribution >= 4 is 5.91 Å². The molecule has 0 aromatic heterocycles. The third-order valence-corrected chi connectivity index (χ3v) is 4.94. The second-order valence-corrected chi connectivity index (χ2v) is 6.75. The van der Waals surface area contributed by atoms with Gasteiger partial charge in [0.2, 0.25) is 0 Å². The van der Waals surface area contributed by atoms with Crippen LogP contribution in [0.4, 0.5) is 0 Å². The third-order valence-electron chi connectivity index (χ3n) is 4.94. The maximum Gasteiger partial charge on any atom is 0.257 e. The van der Waals surface area contributed by atoms with Gasteiger partial charge in [-0.15, -0.1) is 0 Å². The zero-order valence-corrected chi connectivity index (χ0v) is 15.4. The van der Waals surface area contributed by atoms with Crippen LogP contribution in [0.1, 0.15) is 29.2 Å². The molecule has 0 saturated carbocycles. The molecule has 6 heteroatoms. The summed E-state index contributed by atoms with van der Waals surface area (Å²) in [5.41, 5.74) is 3.53. The lowest BCUT2D eigenvalue weighted by atomic mass is 9.89. The Morgan fingerprint density at radius 3 is 2.96 bits per heavy atom. The molecule has 6 bridgehead atoms. The zero-order valence-electron chi connectivity index (χ0n) is 15.4. The molecule has 5 rings (SSSR count). The first-order valence-electron chi connectivity index (χ1n) is 9.31. The predicted molar refractivity (Wildman–Crippen MR) is 102 cm³/mol. The highest BCUT2D eigenvalue weighted by Gasteiger charge is 2.24. The van der Waals surface area contributed by atoms with Crippen molar-refractivity contribution in [3.63, 3.8) is 0 Å². The largest absolute Gasteiger partial charge is 0.494 e. The molecule has 142 valence electrons. The van der Waals surface area contributed by atoms with E-state index in [9.17, 15) is 4.79 Å².